The SMILES string of the molecule is CCCCCCCC(=O)c1cc2cc(F)ccc2s1. The Morgan fingerprint density at radius 3 is 2.74 bits per heavy atom. The van der Waals surface area contributed by atoms with Crippen LogP contribution in [0.15, 0.2) is 24.3 Å². The van der Waals surface area contributed by atoms with Gasteiger partial charge in [0.25, 0.3) is 0 Å². The van der Waals surface area contributed by atoms with Crippen LogP contribution in [0.4, 0.5) is 4.39 Å². The molecule has 102 valence electrons. The number of carbonyl (C=O) groups excluding carboxylic acids is 1. The molecule has 0 aliphatic rings. The molecule has 0 saturated carbocycles. The Morgan fingerprint density at radius 2 is 1.95 bits per heavy atom. The molecule has 0 fully saturated rings. The van der Waals surface area contributed by atoms with Gasteiger partial charge in [0.2, 0.25) is 0 Å². The van der Waals surface area contributed by atoms with Crippen LogP contribution >= 0.6 is 11.3 Å². The predicted molar refractivity (Wildman–Crippen MR) is 79.5 cm³/mol. The van der Waals surface area contributed by atoms with Crippen LogP contribution in [0.25, 0.3) is 10.1 Å². The lowest BCUT2D eigenvalue weighted by Gasteiger charge is -1.98. The quantitative estimate of drug-likeness (QED) is 0.477. The van der Waals surface area contributed by atoms with E-state index in [2.05, 4.69) is 6.92 Å². The molecule has 0 bridgehead atoms. The molecule has 3 heteroatoms. The van der Waals surface area contributed by atoms with Crippen molar-refractivity contribution < 1.29 is 9.18 Å². The Hall–Kier alpha value is -1.22. The van der Waals surface area contributed by atoms with E-state index in [9.17, 15) is 9.18 Å². The second-order valence-corrected chi connectivity index (χ2v) is 5.96. The summed E-state index contributed by atoms with van der Waals surface area (Å²) in [4.78, 5) is 12.8. The number of Topliss-reactive ketones (excluding diaryl/α,β-unsaturated/α-hetero) is 1. The van der Waals surface area contributed by atoms with Crippen LogP contribution in [0.1, 0.15) is 55.1 Å². The Labute approximate surface area is 117 Å². The van der Waals surface area contributed by atoms with Crippen molar-refractivity contribution in [1.29, 1.82) is 0 Å². The molecule has 0 N–H and O–H groups in total. The van der Waals surface area contributed by atoms with Crippen LogP contribution in [0.2, 0.25) is 0 Å². The third-order valence-electron chi connectivity index (χ3n) is 3.26. The first kappa shape index (κ1) is 14.2. The van der Waals surface area contributed by atoms with Crippen molar-refractivity contribution in [3.63, 3.8) is 0 Å². The van der Waals surface area contributed by atoms with Gasteiger partial charge in [-0.2, -0.15) is 0 Å². The van der Waals surface area contributed by atoms with Crippen LogP contribution in [-0.4, -0.2) is 5.78 Å². The fourth-order valence-corrected chi connectivity index (χ4v) is 3.17. The van der Waals surface area contributed by atoms with Crippen molar-refractivity contribution >= 4 is 27.2 Å². The number of carbonyl (C=O) groups is 1. The van der Waals surface area contributed by atoms with E-state index < -0.39 is 0 Å². The molecule has 2 rings (SSSR count). The van der Waals surface area contributed by atoms with Gasteiger partial charge in [0.15, 0.2) is 5.78 Å². The highest BCUT2D eigenvalue weighted by atomic mass is 32.1. The highest BCUT2D eigenvalue weighted by Gasteiger charge is 2.10. The number of hydrogen-bond donors (Lipinski definition) is 0. The van der Waals surface area contributed by atoms with E-state index >= 15 is 0 Å². The summed E-state index contributed by atoms with van der Waals surface area (Å²) in [6, 6.07) is 6.49. The first-order valence-electron chi connectivity index (χ1n) is 6.93. The predicted octanol–water partition coefficient (Wildman–Crippen LogP) is 5.58. The molecule has 1 aromatic carbocycles. The van der Waals surface area contributed by atoms with E-state index in [0.717, 1.165) is 27.8 Å². The van der Waals surface area contributed by atoms with Crippen LogP contribution in [0.3, 0.4) is 0 Å². The largest absolute Gasteiger partial charge is 0.293 e. The number of unbranched alkanes of at least 4 members (excludes halogenated alkanes) is 4. The molecule has 0 aliphatic heterocycles. The van der Waals surface area contributed by atoms with Crippen LogP contribution in [0, 0.1) is 5.82 Å². The Morgan fingerprint density at radius 1 is 1.16 bits per heavy atom. The van der Waals surface area contributed by atoms with Gasteiger partial charge >= 0.3 is 0 Å². The molecule has 0 saturated heterocycles. The summed E-state index contributed by atoms with van der Waals surface area (Å²) in [6.07, 6.45) is 6.37. The van der Waals surface area contributed by atoms with Gasteiger partial charge in [-0.1, -0.05) is 32.6 Å². The maximum absolute atomic E-state index is 13.1. The molecule has 0 amide bonds. The third kappa shape index (κ3) is 3.87. The molecule has 1 aromatic heterocycles. The highest BCUT2D eigenvalue weighted by Crippen LogP contribution is 2.27. The number of halogens is 1. The van der Waals surface area contributed by atoms with Gasteiger partial charge in [0.1, 0.15) is 5.82 Å². The summed E-state index contributed by atoms with van der Waals surface area (Å²) < 4.78 is 14.1. The fraction of sp³-hybridized carbons (Fsp3) is 0.438. The number of rotatable bonds is 7. The zero-order valence-electron chi connectivity index (χ0n) is 11.2. The van der Waals surface area contributed by atoms with E-state index in [0.29, 0.717) is 6.42 Å². The molecule has 1 heterocycles. The first-order valence-corrected chi connectivity index (χ1v) is 7.74. The summed E-state index contributed by atoms with van der Waals surface area (Å²) in [5.41, 5.74) is 0. The van der Waals surface area contributed by atoms with Gasteiger partial charge in [-0.3, -0.25) is 4.79 Å². The van der Waals surface area contributed by atoms with Crippen molar-refractivity contribution in [2.24, 2.45) is 0 Å². The first-order chi connectivity index (χ1) is 9.20. The third-order valence-corrected chi connectivity index (χ3v) is 4.42. The highest BCUT2D eigenvalue weighted by molar-refractivity contribution is 7.20. The van der Waals surface area contributed by atoms with E-state index in [-0.39, 0.29) is 11.6 Å². The number of thiophene rings is 1. The van der Waals surface area contributed by atoms with E-state index in [1.807, 2.05) is 6.07 Å². The molecule has 19 heavy (non-hydrogen) atoms. The number of ketones is 1. The van der Waals surface area contributed by atoms with Crippen molar-refractivity contribution in [3.05, 3.63) is 35.0 Å². The van der Waals surface area contributed by atoms with E-state index in [4.69, 9.17) is 0 Å². The normalized spacial score (nSPS) is 11.1. The Balaban J connectivity index is 1.94. The minimum atomic E-state index is -0.246. The maximum Gasteiger partial charge on any atom is 0.172 e. The van der Waals surface area contributed by atoms with Gasteiger partial charge < -0.3 is 0 Å². The molecular formula is C16H19FOS. The summed E-state index contributed by atoms with van der Waals surface area (Å²) in [5.74, 6) is -0.0537. The molecule has 1 nitrogen and oxygen atoms in total. The second kappa shape index (κ2) is 6.80. The average Bonchev–Trinajstić information content (AvgIpc) is 2.81. The van der Waals surface area contributed by atoms with Crippen molar-refractivity contribution in [2.75, 3.05) is 0 Å². The van der Waals surface area contributed by atoms with Gasteiger partial charge in [-0.25, -0.2) is 4.39 Å². The summed E-state index contributed by atoms with van der Waals surface area (Å²) >= 11 is 1.47. The zero-order chi connectivity index (χ0) is 13.7. The van der Waals surface area contributed by atoms with Crippen molar-refractivity contribution in [1.82, 2.24) is 0 Å². The Kier molecular flexibility index (Phi) is 5.08. The minimum absolute atomic E-state index is 0.193. The summed E-state index contributed by atoms with van der Waals surface area (Å²) in [6.45, 7) is 2.18. The van der Waals surface area contributed by atoms with E-state index in [1.165, 1.54) is 42.7 Å². The monoisotopic (exact) mass is 278 g/mol. The second-order valence-electron chi connectivity index (χ2n) is 4.88. The minimum Gasteiger partial charge on any atom is -0.293 e. The van der Waals surface area contributed by atoms with Gasteiger partial charge in [0.05, 0.1) is 4.88 Å². The van der Waals surface area contributed by atoms with Crippen molar-refractivity contribution in [2.45, 2.75) is 45.4 Å². The number of benzene rings is 1. The number of fused-ring (bicyclic) bond motifs is 1. The lowest BCUT2D eigenvalue weighted by atomic mass is 10.1. The smallest absolute Gasteiger partial charge is 0.172 e. The van der Waals surface area contributed by atoms with Crippen molar-refractivity contribution in [3.8, 4) is 0 Å². The van der Waals surface area contributed by atoms with Gasteiger partial charge in [-0.05, 0) is 36.1 Å². The molecule has 0 radical (unpaired) electrons. The fourth-order valence-electron chi connectivity index (χ4n) is 2.16. The summed E-state index contributed by atoms with van der Waals surface area (Å²) in [5, 5.41) is 0.833. The number of hydrogen-bond acceptors (Lipinski definition) is 2. The topological polar surface area (TPSA) is 17.1 Å². The molecule has 0 spiro atoms. The molecular weight excluding hydrogens is 259 g/mol. The zero-order valence-corrected chi connectivity index (χ0v) is 12.1. The lowest BCUT2D eigenvalue weighted by Crippen LogP contribution is -1.95. The van der Waals surface area contributed by atoms with Gasteiger partial charge in [0, 0.05) is 11.1 Å². The van der Waals surface area contributed by atoms with Crippen LogP contribution in [0.5, 0.6) is 0 Å². The molecule has 0 unspecified atom stereocenters. The molecule has 0 aliphatic carbocycles. The van der Waals surface area contributed by atoms with E-state index in [1.54, 1.807) is 6.07 Å². The molecule has 0 atom stereocenters. The van der Waals surface area contributed by atoms with Gasteiger partial charge in [-0.15, -0.1) is 11.3 Å². The summed E-state index contributed by atoms with van der Waals surface area (Å²) in [7, 11) is 0. The Bertz CT molecular complexity index is 559. The average molecular weight is 278 g/mol. The van der Waals surface area contributed by atoms with Crippen LogP contribution in [-0.2, 0) is 0 Å². The lowest BCUT2D eigenvalue weighted by molar-refractivity contribution is 0.0983. The molecule has 2 aromatic rings. The maximum atomic E-state index is 13.1. The van der Waals surface area contributed by atoms with Crippen LogP contribution < -0.4 is 0 Å². The standard InChI is InChI=1S/C16H19FOS/c1-2-3-4-5-6-7-14(18)16-11-12-10-13(17)8-9-15(12)19-16/h8-11H,2-7H2,1H3.